The Hall–Kier alpha value is -2.54. The maximum absolute atomic E-state index is 10.6. The first kappa shape index (κ1) is 16.8. The van der Waals surface area contributed by atoms with Crippen molar-refractivity contribution in [2.45, 2.75) is 12.7 Å². The van der Waals surface area contributed by atoms with Gasteiger partial charge in [-0.25, -0.2) is 4.99 Å². The summed E-state index contributed by atoms with van der Waals surface area (Å²) >= 11 is 1.38. The van der Waals surface area contributed by atoms with Gasteiger partial charge in [-0.1, -0.05) is 23.9 Å². The van der Waals surface area contributed by atoms with Crippen molar-refractivity contribution < 1.29 is 9.66 Å². The third-order valence-corrected chi connectivity index (χ3v) is 3.79. The first-order valence-corrected chi connectivity index (χ1v) is 8.00. The Morgan fingerprint density at radius 3 is 2.43 bits per heavy atom. The number of amidine groups is 1. The van der Waals surface area contributed by atoms with Crippen molar-refractivity contribution in [3.05, 3.63) is 64.2 Å². The smallest absolute Gasteiger partial charge is 0.269 e. The Kier molecular flexibility index (Phi) is 5.99. The lowest BCUT2D eigenvalue weighted by Crippen LogP contribution is -2.06. The Labute approximate surface area is 138 Å². The van der Waals surface area contributed by atoms with Crippen LogP contribution in [0.4, 0.5) is 11.4 Å². The number of nitro groups is 1. The normalized spacial score (nSPS) is 11.3. The van der Waals surface area contributed by atoms with Crippen molar-refractivity contribution in [1.82, 2.24) is 0 Å². The number of rotatable bonds is 6. The number of thioether (sulfide) groups is 1. The van der Waals surface area contributed by atoms with Crippen molar-refractivity contribution in [2.24, 2.45) is 10.7 Å². The van der Waals surface area contributed by atoms with Gasteiger partial charge in [-0.05, 0) is 36.8 Å². The molecule has 0 fully saturated rings. The Morgan fingerprint density at radius 2 is 1.87 bits per heavy atom. The van der Waals surface area contributed by atoms with Gasteiger partial charge in [0, 0.05) is 17.9 Å². The molecule has 2 aromatic rings. The highest BCUT2D eigenvalue weighted by atomic mass is 32.2. The first-order valence-electron chi connectivity index (χ1n) is 7.01. The molecule has 0 atom stereocenters. The molecule has 0 heterocycles. The molecule has 0 saturated heterocycles. The van der Waals surface area contributed by atoms with Gasteiger partial charge in [-0.15, -0.1) is 0 Å². The topological polar surface area (TPSA) is 90.8 Å². The van der Waals surface area contributed by atoms with Crippen LogP contribution in [0, 0.1) is 10.1 Å². The number of benzene rings is 2. The zero-order valence-corrected chi connectivity index (χ0v) is 13.5. The highest BCUT2D eigenvalue weighted by Crippen LogP contribution is 2.21. The standard InChI is InChI=1S/C16H17N3O3S/c1-2-22-15-9-5-13(6-10-15)18-16(17)23-11-12-3-7-14(8-4-12)19(20)21/h3-10H,2,11H2,1H3,(H2,17,18). The second kappa shape index (κ2) is 8.19. The highest BCUT2D eigenvalue weighted by molar-refractivity contribution is 8.13. The summed E-state index contributed by atoms with van der Waals surface area (Å²) in [5.74, 6) is 1.40. The number of non-ortho nitro benzene ring substituents is 1. The number of hydrogen-bond donors (Lipinski definition) is 1. The summed E-state index contributed by atoms with van der Waals surface area (Å²) in [5, 5.41) is 11.0. The number of nitro benzene ring substituents is 1. The molecule has 0 aliphatic carbocycles. The lowest BCUT2D eigenvalue weighted by atomic mass is 10.2. The van der Waals surface area contributed by atoms with Gasteiger partial charge in [0.2, 0.25) is 0 Å². The van der Waals surface area contributed by atoms with Gasteiger partial charge in [-0.3, -0.25) is 10.1 Å². The molecular weight excluding hydrogens is 314 g/mol. The molecule has 6 nitrogen and oxygen atoms in total. The fourth-order valence-electron chi connectivity index (χ4n) is 1.81. The van der Waals surface area contributed by atoms with Gasteiger partial charge in [-0.2, -0.15) is 0 Å². The number of nitrogens with zero attached hydrogens (tertiary/aromatic N) is 2. The van der Waals surface area contributed by atoms with Gasteiger partial charge >= 0.3 is 0 Å². The Bertz CT molecular complexity index is 685. The van der Waals surface area contributed by atoms with E-state index < -0.39 is 4.92 Å². The van der Waals surface area contributed by atoms with Gasteiger partial charge < -0.3 is 10.5 Å². The van der Waals surface area contributed by atoms with Crippen LogP contribution in [0.5, 0.6) is 5.75 Å². The zero-order valence-electron chi connectivity index (χ0n) is 12.6. The van der Waals surface area contributed by atoms with E-state index in [0.29, 0.717) is 17.5 Å². The summed E-state index contributed by atoms with van der Waals surface area (Å²) < 4.78 is 5.36. The summed E-state index contributed by atoms with van der Waals surface area (Å²) in [4.78, 5) is 14.5. The van der Waals surface area contributed by atoms with E-state index in [1.807, 2.05) is 31.2 Å². The van der Waals surface area contributed by atoms with Crippen LogP contribution in [0.1, 0.15) is 12.5 Å². The SMILES string of the molecule is CCOc1ccc(N=C(N)SCc2ccc([N+](=O)[O-])cc2)cc1. The van der Waals surface area contributed by atoms with Crippen LogP contribution in [0.25, 0.3) is 0 Å². The van der Waals surface area contributed by atoms with Gasteiger partial charge in [0.15, 0.2) is 5.17 Å². The molecule has 0 aliphatic heterocycles. The summed E-state index contributed by atoms with van der Waals surface area (Å²) in [7, 11) is 0. The highest BCUT2D eigenvalue weighted by Gasteiger charge is 2.04. The summed E-state index contributed by atoms with van der Waals surface area (Å²) in [6.45, 7) is 2.55. The van der Waals surface area contributed by atoms with E-state index in [9.17, 15) is 10.1 Å². The minimum absolute atomic E-state index is 0.0785. The molecule has 23 heavy (non-hydrogen) atoms. The molecule has 7 heteroatoms. The molecule has 2 aromatic carbocycles. The zero-order chi connectivity index (χ0) is 16.7. The fourth-order valence-corrected chi connectivity index (χ4v) is 2.49. The molecule has 2 rings (SSSR count). The monoisotopic (exact) mass is 331 g/mol. The minimum atomic E-state index is -0.418. The predicted octanol–water partition coefficient (Wildman–Crippen LogP) is 3.87. The molecule has 0 spiro atoms. The summed E-state index contributed by atoms with van der Waals surface area (Å²) in [5.41, 5.74) is 7.68. The molecule has 0 unspecified atom stereocenters. The van der Waals surface area contributed by atoms with E-state index in [-0.39, 0.29) is 5.69 Å². The van der Waals surface area contributed by atoms with E-state index >= 15 is 0 Å². The lowest BCUT2D eigenvalue weighted by Gasteiger charge is -2.04. The second-order valence-corrected chi connectivity index (χ2v) is 5.58. The van der Waals surface area contributed by atoms with Crippen LogP contribution < -0.4 is 10.5 Å². The van der Waals surface area contributed by atoms with Gasteiger partial charge in [0.1, 0.15) is 5.75 Å². The Morgan fingerprint density at radius 1 is 1.22 bits per heavy atom. The van der Waals surface area contributed by atoms with Crippen LogP contribution in [0.3, 0.4) is 0 Å². The van der Waals surface area contributed by atoms with Crippen molar-refractivity contribution >= 4 is 28.3 Å². The largest absolute Gasteiger partial charge is 0.494 e. The molecule has 0 aromatic heterocycles. The average molecular weight is 331 g/mol. The van der Waals surface area contributed by atoms with Crippen molar-refractivity contribution in [2.75, 3.05) is 6.61 Å². The van der Waals surface area contributed by atoms with Crippen molar-refractivity contribution in [1.29, 1.82) is 0 Å². The predicted molar refractivity (Wildman–Crippen MR) is 93.3 cm³/mol. The van der Waals surface area contributed by atoms with Crippen LogP contribution in [0.2, 0.25) is 0 Å². The van der Waals surface area contributed by atoms with Crippen LogP contribution >= 0.6 is 11.8 Å². The van der Waals surface area contributed by atoms with Crippen LogP contribution in [-0.2, 0) is 5.75 Å². The molecule has 0 bridgehead atoms. The third kappa shape index (κ3) is 5.30. The summed E-state index contributed by atoms with van der Waals surface area (Å²) in [6.07, 6.45) is 0. The number of ether oxygens (including phenoxy) is 1. The number of nitrogens with two attached hydrogens (primary N) is 1. The van der Waals surface area contributed by atoms with E-state index in [2.05, 4.69) is 4.99 Å². The van der Waals surface area contributed by atoms with Crippen molar-refractivity contribution in [3.8, 4) is 5.75 Å². The maximum atomic E-state index is 10.6. The average Bonchev–Trinajstić information content (AvgIpc) is 2.55. The van der Waals surface area contributed by atoms with Crippen LogP contribution in [0.15, 0.2) is 53.5 Å². The van der Waals surface area contributed by atoms with Gasteiger partial charge in [0.25, 0.3) is 5.69 Å². The molecule has 0 amide bonds. The van der Waals surface area contributed by atoms with Crippen molar-refractivity contribution in [3.63, 3.8) is 0 Å². The molecule has 0 radical (unpaired) electrons. The second-order valence-electron chi connectivity index (χ2n) is 4.59. The molecule has 0 saturated carbocycles. The molecule has 2 N–H and O–H groups in total. The van der Waals surface area contributed by atoms with E-state index in [0.717, 1.165) is 17.0 Å². The van der Waals surface area contributed by atoms with E-state index in [1.165, 1.54) is 23.9 Å². The molecule has 120 valence electrons. The number of hydrogen-bond acceptors (Lipinski definition) is 5. The molecular formula is C16H17N3O3S. The minimum Gasteiger partial charge on any atom is -0.494 e. The van der Waals surface area contributed by atoms with E-state index in [4.69, 9.17) is 10.5 Å². The first-order chi connectivity index (χ1) is 11.1. The Balaban J connectivity index is 1.92. The number of aliphatic imine (C=N–C) groups is 1. The lowest BCUT2D eigenvalue weighted by molar-refractivity contribution is -0.384. The van der Waals surface area contributed by atoms with Gasteiger partial charge in [0.05, 0.1) is 17.2 Å². The third-order valence-electron chi connectivity index (χ3n) is 2.92. The van der Waals surface area contributed by atoms with Crippen LogP contribution in [-0.4, -0.2) is 16.7 Å². The fraction of sp³-hybridized carbons (Fsp3) is 0.188. The maximum Gasteiger partial charge on any atom is 0.269 e. The quantitative estimate of drug-likeness (QED) is 0.375. The molecule has 0 aliphatic rings. The summed E-state index contributed by atoms with van der Waals surface area (Å²) in [6, 6.07) is 13.8. The van der Waals surface area contributed by atoms with E-state index in [1.54, 1.807) is 12.1 Å².